The van der Waals surface area contributed by atoms with E-state index in [2.05, 4.69) is 57.3 Å². The third kappa shape index (κ3) is 5.66. The van der Waals surface area contributed by atoms with Crippen LogP contribution in [0.5, 0.6) is 5.75 Å². The number of anilines is 1. The minimum absolute atomic E-state index is 0.0257. The molecule has 4 rings (SSSR count). The van der Waals surface area contributed by atoms with Crippen LogP contribution in [0.1, 0.15) is 30.9 Å². The highest BCUT2D eigenvalue weighted by Crippen LogP contribution is 2.34. The summed E-state index contributed by atoms with van der Waals surface area (Å²) in [6, 6.07) is 13.8. The maximum absolute atomic E-state index is 12.5. The van der Waals surface area contributed by atoms with Crippen LogP contribution in [0.15, 0.2) is 46.9 Å². The second-order valence-electron chi connectivity index (χ2n) is 8.46. The van der Waals surface area contributed by atoms with Crippen LogP contribution < -0.4 is 15.0 Å². The van der Waals surface area contributed by atoms with Crippen molar-refractivity contribution in [3.8, 4) is 5.75 Å². The van der Waals surface area contributed by atoms with E-state index in [9.17, 15) is 9.59 Å². The lowest BCUT2D eigenvalue weighted by Crippen LogP contribution is -2.45. The Balaban J connectivity index is 1.29. The largest absolute Gasteiger partial charge is 0.482 e. The molecule has 6 nitrogen and oxygen atoms in total. The summed E-state index contributed by atoms with van der Waals surface area (Å²) in [6.07, 6.45) is 2.60. The predicted molar refractivity (Wildman–Crippen MR) is 124 cm³/mol. The second kappa shape index (κ2) is 9.83. The van der Waals surface area contributed by atoms with Gasteiger partial charge in [0.15, 0.2) is 6.61 Å². The molecule has 31 heavy (non-hydrogen) atoms. The summed E-state index contributed by atoms with van der Waals surface area (Å²) >= 11 is 3.40. The molecular weight excluding hydrogens is 458 g/mol. The van der Waals surface area contributed by atoms with E-state index in [4.69, 9.17) is 4.74 Å². The molecule has 1 unspecified atom stereocenters. The van der Waals surface area contributed by atoms with Crippen LogP contribution in [0.4, 0.5) is 5.69 Å². The van der Waals surface area contributed by atoms with E-state index in [1.807, 2.05) is 6.07 Å². The zero-order valence-electron chi connectivity index (χ0n) is 17.8. The summed E-state index contributed by atoms with van der Waals surface area (Å²) < 4.78 is 6.34. The van der Waals surface area contributed by atoms with Gasteiger partial charge >= 0.3 is 0 Å². The summed E-state index contributed by atoms with van der Waals surface area (Å²) in [6.45, 7) is 5.98. The molecule has 2 aromatic rings. The molecule has 1 fully saturated rings. The molecule has 2 aromatic carbocycles. The van der Waals surface area contributed by atoms with Gasteiger partial charge in [0.25, 0.3) is 5.91 Å². The molecule has 1 N–H and O–H groups in total. The van der Waals surface area contributed by atoms with E-state index in [1.54, 1.807) is 12.1 Å². The number of nitrogens with one attached hydrogen (secondary N) is 1. The third-order valence-corrected chi connectivity index (χ3v) is 6.32. The smallest absolute Gasteiger partial charge is 0.265 e. The van der Waals surface area contributed by atoms with E-state index in [1.165, 1.54) is 29.8 Å². The fourth-order valence-corrected chi connectivity index (χ4v) is 4.54. The molecule has 0 aliphatic carbocycles. The minimum Gasteiger partial charge on any atom is -0.482 e. The number of hydrogen-bond acceptors (Lipinski definition) is 4. The molecule has 2 aliphatic heterocycles. The van der Waals surface area contributed by atoms with Crippen LogP contribution in [0, 0.1) is 5.92 Å². The third-order valence-electron chi connectivity index (χ3n) is 5.83. The Bertz CT molecular complexity index is 948. The summed E-state index contributed by atoms with van der Waals surface area (Å²) in [7, 11) is 0. The topological polar surface area (TPSA) is 61.9 Å². The first-order chi connectivity index (χ1) is 15.0. The molecule has 0 aromatic heterocycles. The lowest BCUT2D eigenvalue weighted by atomic mass is 9.99. The average Bonchev–Trinajstić information content (AvgIpc) is 2.75. The number of hydrogen-bond donors (Lipinski definition) is 1. The normalized spacial score (nSPS) is 19.0. The highest BCUT2D eigenvalue weighted by Gasteiger charge is 2.27. The van der Waals surface area contributed by atoms with Gasteiger partial charge in [-0.2, -0.15) is 0 Å². The van der Waals surface area contributed by atoms with Gasteiger partial charge in [0.1, 0.15) is 12.3 Å². The first kappa shape index (κ1) is 21.8. The van der Waals surface area contributed by atoms with Gasteiger partial charge in [0.05, 0.1) is 5.69 Å². The van der Waals surface area contributed by atoms with Crippen molar-refractivity contribution in [1.82, 2.24) is 10.2 Å². The molecule has 1 saturated heterocycles. The van der Waals surface area contributed by atoms with E-state index >= 15 is 0 Å². The molecule has 2 heterocycles. The minimum atomic E-state index is -0.221. The number of likely N-dealkylation sites (tertiary alicyclic amines) is 1. The van der Waals surface area contributed by atoms with Gasteiger partial charge < -0.3 is 10.1 Å². The first-order valence-electron chi connectivity index (χ1n) is 10.8. The Kier molecular flexibility index (Phi) is 6.92. The van der Waals surface area contributed by atoms with Gasteiger partial charge in [-0.25, -0.2) is 0 Å². The van der Waals surface area contributed by atoms with Gasteiger partial charge in [-0.1, -0.05) is 47.1 Å². The molecule has 2 amide bonds. The molecule has 7 heteroatoms. The van der Waals surface area contributed by atoms with Gasteiger partial charge in [0.2, 0.25) is 5.91 Å². The SMILES string of the molecule is CC1CCCN(Cc2ccc(CNC(=O)CN3C(=O)COc4cc(Br)ccc43)cc2)C1. The van der Waals surface area contributed by atoms with Crippen LogP contribution >= 0.6 is 15.9 Å². The van der Waals surface area contributed by atoms with E-state index in [-0.39, 0.29) is 25.0 Å². The number of fused-ring (bicyclic) bond motifs is 1. The number of benzene rings is 2. The number of carbonyl (C=O) groups excluding carboxylic acids is 2. The van der Waals surface area contributed by atoms with Crippen molar-refractivity contribution in [2.75, 3.05) is 31.1 Å². The zero-order chi connectivity index (χ0) is 21.8. The summed E-state index contributed by atoms with van der Waals surface area (Å²) in [5.74, 6) is 0.951. The van der Waals surface area contributed by atoms with Crippen LogP contribution in [0.2, 0.25) is 0 Å². The molecule has 0 bridgehead atoms. The van der Waals surface area contributed by atoms with Crippen LogP contribution in [-0.4, -0.2) is 43.0 Å². The van der Waals surface area contributed by atoms with Crippen LogP contribution in [0.3, 0.4) is 0 Å². The van der Waals surface area contributed by atoms with Crippen molar-refractivity contribution in [2.45, 2.75) is 32.9 Å². The summed E-state index contributed by atoms with van der Waals surface area (Å²) in [5, 5.41) is 2.92. The summed E-state index contributed by atoms with van der Waals surface area (Å²) in [5.41, 5.74) is 2.96. The molecular formula is C24H28BrN3O3. The van der Waals surface area contributed by atoms with Crippen molar-refractivity contribution in [3.05, 3.63) is 58.1 Å². The number of nitrogens with zero attached hydrogens (tertiary/aromatic N) is 2. The van der Waals surface area contributed by atoms with Crippen molar-refractivity contribution >= 4 is 33.4 Å². The van der Waals surface area contributed by atoms with Crippen molar-refractivity contribution in [3.63, 3.8) is 0 Å². The number of halogens is 1. The molecule has 1 atom stereocenters. The lowest BCUT2D eigenvalue weighted by Gasteiger charge is -2.30. The van der Waals surface area contributed by atoms with E-state index < -0.39 is 0 Å². The van der Waals surface area contributed by atoms with Gasteiger partial charge in [-0.3, -0.25) is 19.4 Å². The Morgan fingerprint density at radius 2 is 1.97 bits per heavy atom. The zero-order valence-corrected chi connectivity index (χ0v) is 19.4. The molecule has 0 radical (unpaired) electrons. The Morgan fingerprint density at radius 1 is 1.19 bits per heavy atom. The Hall–Kier alpha value is -2.38. The number of ether oxygens (including phenoxy) is 1. The fraction of sp³-hybridized carbons (Fsp3) is 0.417. The van der Waals surface area contributed by atoms with E-state index in [0.717, 1.165) is 29.0 Å². The maximum Gasteiger partial charge on any atom is 0.265 e. The van der Waals surface area contributed by atoms with Crippen LogP contribution in [-0.2, 0) is 22.7 Å². The van der Waals surface area contributed by atoms with Crippen molar-refractivity contribution in [2.24, 2.45) is 5.92 Å². The fourth-order valence-electron chi connectivity index (χ4n) is 4.20. The highest BCUT2D eigenvalue weighted by molar-refractivity contribution is 9.10. The second-order valence-corrected chi connectivity index (χ2v) is 9.37. The monoisotopic (exact) mass is 485 g/mol. The summed E-state index contributed by atoms with van der Waals surface area (Å²) in [4.78, 5) is 28.8. The highest BCUT2D eigenvalue weighted by atomic mass is 79.9. The van der Waals surface area contributed by atoms with Gasteiger partial charge in [-0.05, 0) is 54.6 Å². The number of amides is 2. The quantitative estimate of drug-likeness (QED) is 0.676. The first-order valence-corrected chi connectivity index (χ1v) is 11.6. The van der Waals surface area contributed by atoms with E-state index in [0.29, 0.717) is 18.0 Å². The number of rotatable bonds is 6. The van der Waals surface area contributed by atoms with Crippen LogP contribution in [0.25, 0.3) is 0 Å². The van der Waals surface area contributed by atoms with Gasteiger partial charge in [0, 0.05) is 24.1 Å². The van der Waals surface area contributed by atoms with Crippen molar-refractivity contribution in [1.29, 1.82) is 0 Å². The van der Waals surface area contributed by atoms with Gasteiger partial charge in [-0.15, -0.1) is 0 Å². The van der Waals surface area contributed by atoms with Crippen molar-refractivity contribution < 1.29 is 14.3 Å². The predicted octanol–water partition coefficient (Wildman–Crippen LogP) is 3.72. The molecule has 0 spiro atoms. The number of carbonyl (C=O) groups is 2. The Labute approximate surface area is 191 Å². The maximum atomic E-state index is 12.5. The number of piperidine rings is 1. The standard InChI is InChI=1S/C24H28BrN3O3/c1-17-3-2-10-27(13-17)14-19-6-4-18(5-7-19)12-26-23(29)15-28-21-9-8-20(25)11-22(21)31-16-24(28)30/h4-9,11,17H,2-3,10,12-16H2,1H3,(H,26,29). The molecule has 164 valence electrons. The molecule has 2 aliphatic rings. The lowest BCUT2D eigenvalue weighted by molar-refractivity contribution is -0.125. The molecule has 0 saturated carbocycles. The average molecular weight is 486 g/mol. The Morgan fingerprint density at radius 3 is 2.74 bits per heavy atom.